The van der Waals surface area contributed by atoms with Crippen LogP contribution in [0.25, 0.3) is 28.2 Å². The van der Waals surface area contributed by atoms with E-state index in [0.29, 0.717) is 29.8 Å². The van der Waals surface area contributed by atoms with Crippen LogP contribution in [0.3, 0.4) is 0 Å². The van der Waals surface area contributed by atoms with E-state index in [9.17, 15) is 27.2 Å². The molecule has 3 heterocycles. The van der Waals surface area contributed by atoms with Crippen molar-refractivity contribution in [1.82, 2.24) is 15.2 Å². The number of benzene rings is 2. The number of nitrogens with zero attached hydrogens (tertiary/aromatic N) is 2. The van der Waals surface area contributed by atoms with Gasteiger partial charge in [-0.25, -0.2) is 4.39 Å². The predicted molar refractivity (Wildman–Crippen MR) is 152 cm³/mol. The summed E-state index contributed by atoms with van der Waals surface area (Å²) in [6, 6.07) is 13.9. The molecule has 6 nitrogen and oxygen atoms in total. The van der Waals surface area contributed by atoms with Gasteiger partial charge < -0.3 is 4.90 Å². The van der Waals surface area contributed by atoms with E-state index in [0.717, 1.165) is 16.1 Å². The Balaban J connectivity index is 1.33. The van der Waals surface area contributed by atoms with Crippen LogP contribution in [-0.4, -0.2) is 57.3 Å². The fraction of sp³-hybridized carbons (Fsp3) is 0.258. The van der Waals surface area contributed by atoms with Crippen LogP contribution in [0.4, 0.5) is 17.6 Å². The Kier molecular flexibility index (Phi) is 8.28. The van der Waals surface area contributed by atoms with Gasteiger partial charge in [0.15, 0.2) is 0 Å². The summed E-state index contributed by atoms with van der Waals surface area (Å²) in [5.41, 5.74) is -0.674. The van der Waals surface area contributed by atoms with E-state index in [-0.39, 0.29) is 42.0 Å². The molecule has 0 unspecified atom stereocenters. The van der Waals surface area contributed by atoms with Crippen LogP contribution in [-0.2, 0) is 17.5 Å². The first kappa shape index (κ1) is 29.6. The van der Waals surface area contributed by atoms with Crippen molar-refractivity contribution in [1.29, 1.82) is 0 Å². The van der Waals surface area contributed by atoms with Gasteiger partial charge in [-0.05, 0) is 55.2 Å². The minimum atomic E-state index is -4.69. The van der Waals surface area contributed by atoms with Crippen LogP contribution >= 0.6 is 0 Å². The molecule has 0 aliphatic carbocycles. The molecule has 1 N–H and O–H groups in total. The molecule has 2 radical (unpaired) electrons. The first-order chi connectivity index (χ1) is 19.9. The van der Waals surface area contributed by atoms with Crippen molar-refractivity contribution in [3.8, 4) is 11.1 Å². The van der Waals surface area contributed by atoms with E-state index in [2.05, 4.69) is 27.2 Å². The minimum Gasteiger partial charge on any atom is -0.0536 e. The SMILES string of the molecule is CC1(F)CCN(C(=O)c2ccc(-c3cc(C(F)(F)F)c4oc(CNC(=O)/C=C/c5ccc([As])nc5)cc4c3)cc2)CC1. The molecule has 0 saturated carbocycles. The molecule has 1 aliphatic rings. The molecular weight excluding hydrogens is 613 g/mol. The van der Waals surface area contributed by atoms with Crippen LogP contribution in [0.5, 0.6) is 0 Å². The Morgan fingerprint density at radius 1 is 1.07 bits per heavy atom. The smallest absolute Gasteiger partial charge is 0.0536 e. The number of piperidine rings is 1. The average Bonchev–Trinajstić information content (AvgIpc) is 3.37. The number of pyridine rings is 1. The number of likely N-dealkylation sites (tertiary alicyclic amines) is 1. The molecule has 1 fully saturated rings. The number of rotatable bonds is 6. The number of alkyl halides is 4. The molecule has 1 saturated heterocycles. The molecule has 2 aromatic carbocycles. The molecule has 216 valence electrons. The molecule has 5 rings (SSSR count). The van der Waals surface area contributed by atoms with Crippen molar-refractivity contribution in [3.05, 3.63) is 89.3 Å². The summed E-state index contributed by atoms with van der Waals surface area (Å²) in [5, 5.41) is 2.84. The molecule has 0 spiro atoms. The van der Waals surface area contributed by atoms with Crippen molar-refractivity contribution in [3.63, 3.8) is 0 Å². The number of aromatic nitrogens is 1. The number of amides is 2. The van der Waals surface area contributed by atoms with Crippen molar-refractivity contribution in [2.75, 3.05) is 13.1 Å². The standard InChI is InChI=1S/C31H26AsF4N3O3/c1-30(33)10-12-39(13-11-30)29(41)21-6-4-20(5-7-21)22-14-23-15-24(42-28(23)25(16-22)31(34,35)36)18-38-27(40)9-3-19-2-8-26(32)37-17-19/h2-9,14-17H,10-13,18H2,1H3,(H,38,40)/b9-3+. The number of hydrogen-bond donors (Lipinski definition) is 1. The van der Waals surface area contributed by atoms with Crippen molar-refractivity contribution >= 4 is 50.2 Å². The van der Waals surface area contributed by atoms with E-state index < -0.39 is 23.3 Å². The number of carbonyl (C=O) groups excluding carboxylic acids is 2. The van der Waals surface area contributed by atoms with Gasteiger partial charge in [-0.2, -0.15) is 13.2 Å². The second kappa shape index (κ2) is 11.8. The topological polar surface area (TPSA) is 75.4 Å². The van der Waals surface area contributed by atoms with Gasteiger partial charge in [0, 0.05) is 18.7 Å². The molecular formula is C31H26AsF4N3O3. The van der Waals surface area contributed by atoms with Crippen molar-refractivity contribution in [2.24, 2.45) is 0 Å². The third-order valence-electron chi connectivity index (χ3n) is 7.17. The Morgan fingerprint density at radius 2 is 1.79 bits per heavy atom. The van der Waals surface area contributed by atoms with Gasteiger partial charge in [0.25, 0.3) is 5.91 Å². The molecule has 2 aromatic heterocycles. The average molecular weight is 639 g/mol. The Morgan fingerprint density at radius 3 is 2.43 bits per heavy atom. The maximum absolute atomic E-state index is 14.1. The van der Waals surface area contributed by atoms with Crippen LogP contribution in [0.1, 0.15) is 47.0 Å². The van der Waals surface area contributed by atoms with E-state index in [1.54, 1.807) is 59.6 Å². The normalized spacial score (nSPS) is 15.3. The van der Waals surface area contributed by atoms with E-state index >= 15 is 0 Å². The summed E-state index contributed by atoms with van der Waals surface area (Å²) < 4.78 is 62.5. The van der Waals surface area contributed by atoms with Gasteiger partial charge in [0.2, 0.25) is 0 Å². The van der Waals surface area contributed by atoms with Gasteiger partial charge in [-0.3, -0.25) is 4.79 Å². The first-order valence-corrected chi connectivity index (χ1v) is 14.1. The third-order valence-corrected chi connectivity index (χ3v) is 7.72. The van der Waals surface area contributed by atoms with Crippen LogP contribution in [0.15, 0.2) is 71.3 Å². The van der Waals surface area contributed by atoms with Crippen molar-refractivity contribution in [2.45, 2.75) is 38.2 Å². The monoisotopic (exact) mass is 639 g/mol. The number of furan rings is 1. The predicted octanol–water partition coefficient (Wildman–Crippen LogP) is 5.60. The molecule has 11 heteroatoms. The van der Waals surface area contributed by atoms with Gasteiger partial charge in [0.1, 0.15) is 5.67 Å². The minimum absolute atomic E-state index is 0.108. The Labute approximate surface area is 248 Å². The first-order valence-electron chi connectivity index (χ1n) is 13.2. The molecule has 0 atom stereocenters. The van der Waals surface area contributed by atoms with E-state index in [1.807, 2.05) is 0 Å². The Bertz CT molecular complexity index is 1640. The van der Waals surface area contributed by atoms with Gasteiger partial charge >= 0.3 is 118 Å². The summed E-state index contributed by atoms with van der Waals surface area (Å²) in [6.45, 7) is 2.03. The molecule has 1 aliphatic heterocycles. The summed E-state index contributed by atoms with van der Waals surface area (Å²) in [4.78, 5) is 30.8. The van der Waals surface area contributed by atoms with Gasteiger partial charge in [-0.1, -0.05) is 12.1 Å². The van der Waals surface area contributed by atoms with Gasteiger partial charge in [0.05, 0.1) is 5.56 Å². The summed E-state index contributed by atoms with van der Waals surface area (Å²) in [6.07, 6.45) is 0.317. The van der Waals surface area contributed by atoms with Crippen LogP contribution < -0.4 is 9.80 Å². The van der Waals surface area contributed by atoms with Crippen molar-refractivity contribution < 1.29 is 31.6 Å². The molecule has 4 aromatic rings. The second-order valence-corrected chi connectivity index (χ2v) is 11.4. The summed E-state index contributed by atoms with van der Waals surface area (Å²) in [7, 11) is 0. The quantitative estimate of drug-likeness (QED) is 0.169. The number of hydrogen-bond acceptors (Lipinski definition) is 4. The number of carbonyl (C=O) groups is 2. The fourth-order valence-electron chi connectivity index (χ4n) is 4.74. The van der Waals surface area contributed by atoms with E-state index in [4.69, 9.17) is 4.42 Å². The maximum atomic E-state index is 14.1. The van der Waals surface area contributed by atoms with E-state index in [1.165, 1.54) is 19.1 Å². The van der Waals surface area contributed by atoms with Crippen LogP contribution in [0, 0.1) is 0 Å². The molecule has 42 heavy (non-hydrogen) atoms. The number of fused-ring (bicyclic) bond motifs is 1. The molecule has 0 bridgehead atoms. The zero-order valence-electron chi connectivity index (χ0n) is 22.5. The fourth-order valence-corrected chi connectivity index (χ4v) is 5.01. The molecule has 2 amide bonds. The van der Waals surface area contributed by atoms with Crippen LogP contribution in [0.2, 0.25) is 0 Å². The summed E-state index contributed by atoms with van der Waals surface area (Å²) >= 11 is 2.31. The number of halogens is 4. The second-order valence-electron chi connectivity index (χ2n) is 10.4. The van der Waals surface area contributed by atoms with Gasteiger partial charge in [-0.15, -0.1) is 0 Å². The summed E-state index contributed by atoms with van der Waals surface area (Å²) in [5.74, 6) is -0.521. The zero-order chi connectivity index (χ0) is 30.1. The zero-order valence-corrected chi connectivity index (χ0v) is 24.4. The third kappa shape index (κ3) is 6.93. The number of nitrogens with one attached hydrogen (secondary N) is 1. The Hall–Kier alpha value is -3.91.